The van der Waals surface area contributed by atoms with Gasteiger partial charge in [-0.2, -0.15) is 0 Å². The molecule has 1 fully saturated rings. The van der Waals surface area contributed by atoms with E-state index in [0.29, 0.717) is 5.92 Å². The highest BCUT2D eigenvalue weighted by atomic mass is 15.3. The van der Waals surface area contributed by atoms with Crippen LogP contribution in [0.5, 0.6) is 0 Å². The first kappa shape index (κ1) is 15.2. The summed E-state index contributed by atoms with van der Waals surface area (Å²) < 4.78 is 0. The number of hydrogen-bond donors (Lipinski definition) is 1. The van der Waals surface area contributed by atoms with Gasteiger partial charge in [-0.05, 0) is 43.1 Å². The van der Waals surface area contributed by atoms with Gasteiger partial charge in [-0.1, -0.05) is 20.8 Å². The van der Waals surface area contributed by atoms with Crippen LogP contribution in [0.25, 0.3) is 0 Å². The second kappa shape index (κ2) is 7.53. The highest BCUT2D eigenvalue weighted by Gasteiger charge is 2.16. The number of rotatable bonds is 6. The van der Waals surface area contributed by atoms with Gasteiger partial charge < -0.3 is 10.2 Å². The maximum absolute atomic E-state index is 3.47. The Morgan fingerprint density at radius 3 is 2.25 bits per heavy atom. The fourth-order valence-electron chi connectivity index (χ4n) is 2.66. The first-order chi connectivity index (χ1) is 9.69. The molecule has 20 heavy (non-hydrogen) atoms. The van der Waals surface area contributed by atoms with E-state index in [0.717, 1.165) is 19.6 Å². The molecule has 0 spiro atoms. The van der Waals surface area contributed by atoms with Gasteiger partial charge >= 0.3 is 0 Å². The van der Waals surface area contributed by atoms with Gasteiger partial charge in [-0.15, -0.1) is 0 Å². The van der Waals surface area contributed by atoms with Crippen molar-refractivity contribution in [1.29, 1.82) is 0 Å². The molecule has 0 bridgehead atoms. The molecule has 1 N–H and O–H groups in total. The summed E-state index contributed by atoms with van der Waals surface area (Å²) in [5.41, 5.74) is 2.59. The van der Waals surface area contributed by atoms with Crippen molar-refractivity contribution in [1.82, 2.24) is 4.90 Å². The van der Waals surface area contributed by atoms with Crippen LogP contribution in [0.2, 0.25) is 0 Å². The largest absolute Gasteiger partial charge is 0.385 e. The number of anilines is 2. The molecular weight excluding hydrogens is 246 g/mol. The third kappa shape index (κ3) is 4.41. The molecule has 0 unspecified atom stereocenters. The van der Waals surface area contributed by atoms with Crippen molar-refractivity contribution in [2.45, 2.75) is 27.2 Å². The predicted molar refractivity (Wildman–Crippen MR) is 88.7 cm³/mol. The first-order valence-corrected chi connectivity index (χ1v) is 8.00. The van der Waals surface area contributed by atoms with E-state index in [-0.39, 0.29) is 0 Å². The zero-order chi connectivity index (χ0) is 14.4. The minimum absolute atomic E-state index is 0.682. The van der Waals surface area contributed by atoms with Crippen LogP contribution in [0.4, 0.5) is 11.4 Å². The van der Waals surface area contributed by atoms with Crippen LogP contribution in [0.1, 0.15) is 27.2 Å². The topological polar surface area (TPSA) is 18.5 Å². The van der Waals surface area contributed by atoms with E-state index >= 15 is 0 Å². The fourth-order valence-corrected chi connectivity index (χ4v) is 2.66. The summed E-state index contributed by atoms with van der Waals surface area (Å²) in [6, 6.07) is 8.91. The minimum Gasteiger partial charge on any atom is -0.385 e. The molecule has 1 aliphatic rings. The second-order valence-corrected chi connectivity index (χ2v) is 6.15. The molecule has 0 atom stereocenters. The monoisotopic (exact) mass is 275 g/mol. The molecule has 1 saturated heterocycles. The maximum atomic E-state index is 3.47. The molecule has 0 aliphatic carbocycles. The molecule has 1 aliphatic heterocycles. The van der Waals surface area contributed by atoms with Crippen molar-refractivity contribution >= 4 is 11.4 Å². The fraction of sp³-hybridized carbons (Fsp3) is 0.647. The summed E-state index contributed by atoms with van der Waals surface area (Å²) in [6.45, 7) is 13.7. The molecular formula is C17H29N3. The van der Waals surface area contributed by atoms with Crippen molar-refractivity contribution in [2.75, 3.05) is 49.5 Å². The summed E-state index contributed by atoms with van der Waals surface area (Å²) in [5, 5.41) is 3.47. The molecule has 0 amide bonds. The van der Waals surface area contributed by atoms with Crippen molar-refractivity contribution < 1.29 is 0 Å². The number of nitrogens with zero attached hydrogens (tertiary/aromatic N) is 2. The van der Waals surface area contributed by atoms with Crippen molar-refractivity contribution in [3.05, 3.63) is 24.3 Å². The molecule has 1 aromatic rings. The second-order valence-electron chi connectivity index (χ2n) is 6.15. The normalized spacial score (nSPS) is 16.7. The van der Waals surface area contributed by atoms with Gasteiger partial charge in [0, 0.05) is 44.1 Å². The zero-order valence-electron chi connectivity index (χ0n) is 13.2. The lowest BCUT2D eigenvalue weighted by Crippen LogP contribution is -2.46. The van der Waals surface area contributed by atoms with Crippen molar-refractivity contribution in [3.8, 4) is 0 Å². The number of piperazine rings is 1. The Kier molecular flexibility index (Phi) is 5.72. The van der Waals surface area contributed by atoms with E-state index < -0.39 is 0 Å². The standard InChI is InChI=1S/C17H29N3/c1-4-9-19-10-12-20(13-11-19)17-7-5-16(6-8-17)18-14-15(2)3/h5-8,15,18H,4,9-14H2,1-3H3. The Morgan fingerprint density at radius 2 is 1.70 bits per heavy atom. The van der Waals surface area contributed by atoms with E-state index in [9.17, 15) is 0 Å². The SMILES string of the molecule is CCCN1CCN(c2ccc(NCC(C)C)cc2)CC1. The lowest BCUT2D eigenvalue weighted by atomic mass is 10.2. The molecule has 3 heteroatoms. The molecule has 0 saturated carbocycles. The first-order valence-electron chi connectivity index (χ1n) is 8.00. The van der Waals surface area contributed by atoms with Gasteiger partial charge in [-0.25, -0.2) is 0 Å². The van der Waals surface area contributed by atoms with E-state index in [2.05, 4.69) is 60.2 Å². The smallest absolute Gasteiger partial charge is 0.0368 e. The highest BCUT2D eigenvalue weighted by molar-refractivity contribution is 5.55. The molecule has 3 nitrogen and oxygen atoms in total. The van der Waals surface area contributed by atoms with Crippen LogP contribution < -0.4 is 10.2 Å². The van der Waals surface area contributed by atoms with E-state index in [1.165, 1.54) is 37.4 Å². The highest BCUT2D eigenvalue weighted by Crippen LogP contribution is 2.19. The molecule has 1 heterocycles. The van der Waals surface area contributed by atoms with Crippen LogP contribution >= 0.6 is 0 Å². The third-order valence-electron chi connectivity index (χ3n) is 3.86. The Balaban J connectivity index is 1.84. The van der Waals surface area contributed by atoms with E-state index in [1.54, 1.807) is 0 Å². The van der Waals surface area contributed by atoms with Crippen molar-refractivity contribution in [3.63, 3.8) is 0 Å². The van der Waals surface area contributed by atoms with Crippen LogP contribution in [-0.4, -0.2) is 44.2 Å². The van der Waals surface area contributed by atoms with Gasteiger partial charge in [0.25, 0.3) is 0 Å². The van der Waals surface area contributed by atoms with Gasteiger partial charge in [0.15, 0.2) is 0 Å². The maximum Gasteiger partial charge on any atom is 0.0368 e. The molecule has 2 rings (SSSR count). The summed E-state index contributed by atoms with van der Waals surface area (Å²) in [7, 11) is 0. The molecule has 0 radical (unpaired) electrons. The quantitative estimate of drug-likeness (QED) is 0.859. The zero-order valence-corrected chi connectivity index (χ0v) is 13.2. The number of nitrogens with one attached hydrogen (secondary N) is 1. The molecule has 112 valence electrons. The van der Waals surface area contributed by atoms with Gasteiger partial charge in [-0.3, -0.25) is 4.90 Å². The number of benzene rings is 1. The van der Waals surface area contributed by atoms with Crippen LogP contribution in [0.15, 0.2) is 24.3 Å². The molecule has 1 aromatic carbocycles. The third-order valence-corrected chi connectivity index (χ3v) is 3.86. The average Bonchev–Trinajstić information content (AvgIpc) is 2.47. The van der Waals surface area contributed by atoms with Crippen molar-refractivity contribution in [2.24, 2.45) is 5.92 Å². The molecule has 0 aromatic heterocycles. The lowest BCUT2D eigenvalue weighted by molar-refractivity contribution is 0.258. The summed E-state index contributed by atoms with van der Waals surface area (Å²) in [4.78, 5) is 5.06. The summed E-state index contributed by atoms with van der Waals surface area (Å²) in [6.07, 6.45) is 1.26. The van der Waals surface area contributed by atoms with Crippen LogP contribution in [0.3, 0.4) is 0 Å². The van der Waals surface area contributed by atoms with E-state index in [4.69, 9.17) is 0 Å². The van der Waals surface area contributed by atoms with E-state index in [1.807, 2.05) is 0 Å². The Labute approximate surface area is 124 Å². The van der Waals surface area contributed by atoms with Gasteiger partial charge in [0.1, 0.15) is 0 Å². The van der Waals surface area contributed by atoms with Crippen LogP contribution in [-0.2, 0) is 0 Å². The summed E-state index contributed by atoms with van der Waals surface area (Å²) >= 11 is 0. The predicted octanol–water partition coefficient (Wildman–Crippen LogP) is 3.29. The van der Waals surface area contributed by atoms with Gasteiger partial charge in [0.2, 0.25) is 0 Å². The van der Waals surface area contributed by atoms with Crippen LogP contribution in [0, 0.1) is 5.92 Å². The Hall–Kier alpha value is -1.22. The van der Waals surface area contributed by atoms with Gasteiger partial charge in [0.05, 0.1) is 0 Å². The lowest BCUT2D eigenvalue weighted by Gasteiger charge is -2.36. The Morgan fingerprint density at radius 1 is 1.05 bits per heavy atom. The minimum atomic E-state index is 0.682. The summed E-state index contributed by atoms with van der Waals surface area (Å²) in [5.74, 6) is 0.682. The Bertz CT molecular complexity index is 378. The number of hydrogen-bond acceptors (Lipinski definition) is 3. The average molecular weight is 275 g/mol.